The van der Waals surface area contributed by atoms with Crippen molar-refractivity contribution < 1.29 is 37.5 Å². The van der Waals surface area contributed by atoms with Crippen molar-refractivity contribution in [3.8, 4) is 0 Å². The normalized spacial score (nSPS) is 33.3. The number of β-amino-alcohol motifs (C(OH)–C–C–N with tert-alkyl or cyclic N) is 1. The van der Waals surface area contributed by atoms with Crippen molar-refractivity contribution in [2.45, 2.75) is 38.5 Å². The lowest BCUT2D eigenvalue weighted by atomic mass is 9.95. The summed E-state index contributed by atoms with van der Waals surface area (Å²) in [4.78, 5) is 14.6. The Morgan fingerprint density at radius 2 is 2.08 bits per heavy atom. The summed E-state index contributed by atoms with van der Waals surface area (Å²) in [5.41, 5.74) is -1.27. The molecule has 1 saturated heterocycles. The lowest BCUT2D eigenvalue weighted by molar-refractivity contribution is -1.18. The quantitative estimate of drug-likeness (QED) is 0.461. The van der Waals surface area contributed by atoms with Gasteiger partial charge in [-0.2, -0.15) is 10.3 Å². The van der Waals surface area contributed by atoms with Crippen molar-refractivity contribution in [1.82, 2.24) is 15.0 Å². The van der Waals surface area contributed by atoms with E-state index in [0.717, 1.165) is 5.06 Å². The predicted molar refractivity (Wildman–Crippen MR) is 79.8 cm³/mol. The van der Waals surface area contributed by atoms with Crippen LogP contribution >= 0.6 is 0 Å². The number of hydrogen-bond donors (Lipinski definition) is 3. The van der Waals surface area contributed by atoms with Crippen LogP contribution in [0.15, 0.2) is 36.4 Å². The average Bonchev–Trinajstić information content (AvgIpc) is 2.91. The van der Waals surface area contributed by atoms with Crippen molar-refractivity contribution in [1.29, 1.82) is 0 Å². The summed E-state index contributed by atoms with van der Waals surface area (Å²) in [6.07, 6.45) is 8.64. The first-order valence-electron chi connectivity index (χ1n) is 7.87. The second kappa shape index (κ2) is 6.38. The number of hydrogen-bond acceptors (Lipinski definition) is 7. The third kappa shape index (κ3) is 2.11. The number of nitrogens with zero attached hydrogens (tertiary/aromatic N) is 4. The molecule has 134 valence electrons. The predicted octanol–water partition coefficient (Wildman–Crippen LogP) is -2.28. The molecule has 0 saturated carbocycles. The Morgan fingerprint density at radius 3 is 2.62 bits per heavy atom. The summed E-state index contributed by atoms with van der Waals surface area (Å²) in [5.74, 6) is 0.267. The Hall–Kier alpha value is -1.58. The van der Waals surface area contributed by atoms with E-state index < -0.39 is 16.6 Å². The third-order valence-electron chi connectivity index (χ3n) is 4.70. The third-order valence-corrected chi connectivity index (χ3v) is 4.70. The van der Waals surface area contributed by atoms with Crippen LogP contribution in [0, 0.1) is 0 Å². The van der Waals surface area contributed by atoms with Gasteiger partial charge in [-0.15, -0.1) is 5.01 Å². The molecule has 0 aromatic heterocycles. The summed E-state index contributed by atoms with van der Waals surface area (Å²) in [6.45, 7) is 3.72. The number of hydroxylamine groups is 4. The summed E-state index contributed by atoms with van der Waals surface area (Å²) in [5, 5.41) is 33.1. The van der Waals surface area contributed by atoms with E-state index in [9.17, 15) is 20.3 Å². The fourth-order valence-corrected chi connectivity index (χ4v) is 3.67. The number of ketones is 1. The van der Waals surface area contributed by atoms with Crippen molar-refractivity contribution >= 4 is 5.78 Å². The zero-order valence-corrected chi connectivity index (χ0v) is 14.5. The maximum Gasteiger partial charge on any atom is 0.249 e. The molecule has 9 heteroatoms. The van der Waals surface area contributed by atoms with Crippen LogP contribution in [0.4, 0.5) is 0 Å². The van der Waals surface area contributed by atoms with Crippen molar-refractivity contribution in [3.05, 3.63) is 36.4 Å². The number of carbonyl (C=O) groups is 1. The molecule has 0 radical (unpaired) electrons. The molecule has 0 spiro atoms. The number of Topliss-reactive ketones (excluding diaryl/α,β-unsaturated/α-hetero) is 1. The van der Waals surface area contributed by atoms with Gasteiger partial charge in [0.25, 0.3) is 0 Å². The van der Waals surface area contributed by atoms with Gasteiger partial charge in [-0.05, 0) is 16.9 Å². The highest BCUT2D eigenvalue weighted by atomic mass is 35.5. The number of allylic oxidation sites excluding steroid dienone is 2. The minimum atomic E-state index is -1.27. The molecule has 4 aliphatic heterocycles. The van der Waals surface area contributed by atoms with Gasteiger partial charge in [0.15, 0.2) is 5.78 Å². The zero-order valence-electron chi connectivity index (χ0n) is 13.7. The Labute approximate surface area is 147 Å². The van der Waals surface area contributed by atoms with E-state index in [0.29, 0.717) is 12.2 Å². The van der Waals surface area contributed by atoms with Gasteiger partial charge in [-0.3, -0.25) is 10.0 Å². The molecule has 4 heterocycles. The number of fused-ring (bicyclic) bond motifs is 1. The highest BCUT2D eigenvalue weighted by molar-refractivity contribution is 5.90. The Kier molecular flexibility index (Phi) is 4.98. The summed E-state index contributed by atoms with van der Waals surface area (Å²) < 4.78 is -0.645. The van der Waals surface area contributed by atoms with Crippen LogP contribution in [0.1, 0.15) is 26.7 Å². The van der Waals surface area contributed by atoms with Crippen LogP contribution in [-0.2, 0) is 4.79 Å². The van der Waals surface area contributed by atoms with Crippen molar-refractivity contribution in [2.24, 2.45) is 0 Å². The molecule has 3 N–H and O–H groups in total. The number of rotatable bonds is 6. The van der Waals surface area contributed by atoms with Crippen molar-refractivity contribution in [2.75, 3.05) is 13.2 Å². The molecule has 8 nitrogen and oxygen atoms in total. The molecule has 0 aromatic rings. The van der Waals surface area contributed by atoms with E-state index in [1.807, 2.05) is 6.92 Å². The molecular weight excluding hydrogens is 336 g/mol. The molecule has 1 fully saturated rings. The standard InChI is InChI=1S/C15H23N4O4.ClH/c1-3-12(21)15(7-5-6-8-16(15)9-10-20)18-13-11-19(18,23)14(4-2)17(13)22;/h5-8,11,14,20,22-23H,3-4,9-10H2,1-2H3;1H/q+1;/p-1. The second-order valence-electron chi connectivity index (χ2n) is 5.85. The maximum absolute atomic E-state index is 12.9. The van der Waals surface area contributed by atoms with Crippen LogP contribution in [0.5, 0.6) is 0 Å². The molecule has 0 aliphatic carbocycles. The van der Waals surface area contributed by atoms with E-state index >= 15 is 0 Å². The minimum Gasteiger partial charge on any atom is -1.00 e. The maximum atomic E-state index is 12.9. The monoisotopic (exact) mass is 358 g/mol. The second-order valence-corrected chi connectivity index (χ2v) is 5.85. The first-order chi connectivity index (χ1) is 11.0. The van der Waals surface area contributed by atoms with Crippen LogP contribution < -0.4 is 12.4 Å². The van der Waals surface area contributed by atoms with Crippen LogP contribution in [0.25, 0.3) is 0 Å². The fraction of sp³-hybridized carbons (Fsp3) is 0.533. The van der Waals surface area contributed by atoms with E-state index in [4.69, 9.17) is 0 Å². The average molecular weight is 359 g/mol. The van der Waals surface area contributed by atoms with E-state index in [1.54, 1.807) is 36.3 Å². The van der Waals surface area contributed by atoms with Gasteiger partial charge in [0.2, 0.25) is 23.8 Å². The highest BCUT2D eigenvalue weighted by Gasteiger charge is 2.72. The summed E-state index contributed by atoms with van der Waals surface area (Å²) in [7, 11) is 0. The number of aliphatic hydroxyl groups is 1. The lowest BCUT2D eigenvalue weighted by Crippen LogP contribution is -3.00. The number of aliphatic hydroxyl groups excluding tert-OH is 1. The molecule has 24 heavy (non-hydrogen) atoms. The fourth-order valence-electron chi connectivity index (χ4n) is 3.67. The summed E-state index contributed by atoms with van der Waals surface area (Å²) >= 11 is 0. The van der Waals surface area contributed by atoms with Crippen LogP contribution in [0.2, 0.25) is 0 Å². The molecule has 2 bridgehead atoms. The van der Waals surface area contributed by atoms with E-state index in [2.05, 4.69) is 0 Å². The van der Waals surface area contributed by atoms with Gasteiger partial charge in [0.05, 0.1) is 6.61 Å². The zero-order chi connectivity index (χ0) is 16.8. The Morgan fingerprint density at radius 1 is 1.38 bits per heavy atom. The molecule has 0 aromatic carbocycles. The smallest absolute Gasteiger partial charge is 0.249 e. The van der Waals surface area contributed by atoms with Gasteiger partial charge in [0.1, 0.15) is 0 Å². The lowest BCUT2D eigenvalue weighted by Gasteiger charge is -2.51. The molecule has 0 amide bonds. The molecule has 4 rings (SSSR count). The molecular formula is C15H23ClN4O4. The SMILES string of the molecule is CCC(=O)C1(N2C3=C[N+]2(O)C(CC)N3O)C=CC=CN1CCO.[Cl-]. The molecule has 3 atom stereocenters. The van der Waals surface area contributed by atoms with Gasteiger partial charge in [-0.1, -0.05) is 19.9 Å². The number of halogens is 1. The Bertz CT molecular complexity index is 610. The Balaban J connectivity index is 0.00000208. The summed E-state index contributed by atoms with van der Waals surface area (Å²) in [6, 6.07) is 0. The van der Waals surface area contributed by atoms with Gasteiger partial charge in [-0.25, -0.2) is 0 Å². The van der Waals surface area contributed by atoms with Gasteiger partial charge < -0.3 is 22.4 Å². The first-order valence-corrected chi connectivity index (χ1v) is 7.87. The molecule has 3 unspecified atom stereocenters. The number of quaternary nitrogens is 1. The number of carbonyl (C=O) groups excluding carboxylic acids is 1. The van der Waals surface area contributed by atoms with Gasteiger partial charge >= 0.3 is 0 Å². The van der Waals surface area contributed by atoms with E-state index in [1.165, 1.54) is 11.2 Å². The largest absolute Gasteiger partial charge is 1.00 e. The first kappa shape index (κ1) is 18.8. The molecule has 4 aliphatic rings. The minimum absolute atomic E-state index is 0. The van der Waals surface area contributed by atoms with E-state index in [-0.39, 0.29) is 37.8 Å². The van der Waals surface area contributed by atoms with Crippen molar-refractivity contribution in [3.63, 3.8) is 0 Å². The topological polar surface area (TPSA) is 87.5 Å². The van der Waals surface area contributed by atoms with Gasteiger partial charge in [0, 0.05) is 25.6 Å². The highest BCUT2D eigenvalue weighted by Crippen LogP contribution is 2.51. The van der Waals surface area contributed by atoms with Crippen LogP contribution in [-0.4, -0.2) is 66.0 Å². The van der Waals surface area contributed by atoms with Crippen LogP contribution in [0.3, 0.4) is 0 Å².